The molecule has 3 aromatic carbocycles. The van der Waals surface area contributed by atoms with Crippen LogP contribution in [-0.4, -0.2) is 45.0 Å². The summed E-state index contributed by atoms with van der Waals surface area (Å²) in [5, 5.41) is 2.87. The highest BCUT2D eigenvalue weighted by molar-refractivity contribution is 7.92. The molecule has 7 nitrogen and oxygen atoms in total. The maximum atomic E-state index is 13.1. The van der Waals surface area contributed by atoms with Crippen LogP contribution in [0, 0.1) is 6.92 Å². The van der Waals surface area contributed by atoms with Crippen LogP contribution in [0.15, 0.2) is 78.9 Å². The van der Waals surface area contributed by atoms with E-state index in [-0.39, 0.29) is 24.4 Å². The Morgan fingerprint density at radius 2 is 1.59 bits per heavy atom. The van der Waals surface area contributed by atoms with Crippen LogP contribution in [0.4, 0.5) is 11.4 Å². The lowest BCUT2D eigenvalue weighted by molar-refractivity contribution is -0.130. The molecule has 0 aliphatic carbocycles. The van der Waals surface area contributed by atoms with Crippen molar-refractivity contribution in [2.45, 2.75) is 19.9 Å². The minimum Gasteiger partial charge on any atom is -0.337 e. The molecule has 0 radical (unpaired) electrons. The largest absolute Gasteiger partial charge is 0.337 e. The Morgan fingerprint density at radius 1 is 0.941 bits per heavy atom. The predicted molar refractivity (Wildman–Crippen MR) is 135 cm³/mol. The van der Waals surface area contributed by atoms with Crippen LogP contribution in [0.3, 0.4) is 0 Å². The van der Waals surface area contributed by atoms with Crippen molar-refractivity contribution in [3.63, 3.8) is 0 Å². The number of hydrogen-bond acceptors (Lipinski definition) is 4. The monoisotopic (exact) mass is 479 g/mol. The number of aryl methyl sites for hydroxylation is 1. The number of carbonyl (C=O) groups excluding carboxylic acids is 2. The van der Waals surface area contributed by atoms with Crippen molar-refractivity contribution >= 4 is 33.2 Å². The molecule has 0 aliphatic rings. The molecule has 8 heteroatoms. The smallest absolute Gasteiger partial charge is 0.255 e. The van der Waals surface area contributed by atoms with Gasteiger partial charge in [-0.25, -0.2) is 8.42 Å². The zero-order valence-corrected chi connectivity index (χ0v) is 20.5. The molecule has 178 valence electrons. The second-order valence-electron chi connectivity index (χ2n) is 8.18. The van der Waals surface area contributed by atoms with Gasteiger partial charge in [0.25, 0.3) is 5.91 Å². The fraction of sp³-hybridized carbons (Fsp3) is 0.231. The maximum Gasteiger partial charge on any atom is 0.255 e. The number of para-hydroxylation sites is 1. The Hall–Kier alpha value is -3.65. The number of nitrogens with one attached hydrogen (secondary N) is 1. The summed E-state index contributed by atoms with van der Waals surface area (Å²) in [6.45, 7) is 3.35. The van der Waals surface area contributed by atoms with Gasteiger partial charge >= 0.3 is 0 Å². The van der Waals surface area contributed by atoms with Gasteiger partial charge < -0.3 is 10.2 Å². The zero-order chi connectivity index (χ0) is 24.9. The molecular formula is C26H29N3O4S. The average molecular weight is 480 g/mol. The number of anilines is 2. The van der Waals surface area contributed by atoms with Crippen LogP contribution in [0.25, 0.3) is 0 Å². The van der Waals surface area contributed by atoms with Gasteiger partial charge in [0.2, 0.25) is 15.9 Å². The first kappa shape index (κ1) is 25.0. The van der Waals surface area contributed by atoms with Gasteiger partial charge in [-0.05, 0) is 55.3 Å². The highest BCUT2D eigenvalue weighted by Crippen LogP contribution is 2.25. The van der Waals surface area contributed by atoms with Gasteiger partial charge in [-0.3, -0.25) is 13.9 Å². The number of amides is 2. The Kier molecular flexibility index (Phi) is 7.73. The van der Waals surface area contributed by atoms with Gasteiger partial charge in [0.05, 0.1) is 18.0 Å². The topological polar surface area (TPSA) is 86.8 Å². The normalized spacial score (nSPS) is 12.0. The maximum absolute atomic E-state index is 13.1. The molecule has 2 amide bonds. The molecule has 3 aromatic rings. The van der Waals surface area contributed by atoms with E-state index < -0.39 is 10.0 Å². The number of sulfonamides is 1. The van der Waals surface area contributed by atoms with Crippen LogP contribution in [-0.2, 0) is 14.8 Å². The number of carbonyl (C=O) groups is 2. The molecule has 1 atom stereocenters. The number of hydrogen-bond donors (Lipinski definition) is 1. The molecule has 0 spiro atoms. The van der Waals surface area contributed by atoms with E-state index in [2.05, 4.69) is 5.32 Å². The van der Waals surface area contributed by atoms with E-state index in [4.69, 9.17) is 0 Å². The molecule has 0 fully saturated rings. The van der Waals surface area contributed by atoms with Crippen molar-refractivity contribution in [1.29, 1.82) is 0 Å². The Labute approximate surface area is 201 Å². The lowest BCUT2D eigenvalue weighted by atomic mass is 10.1. The molecule has 0 heterocycles. The Morgan fingerprint density at radius 3 is 2.24 bits per heavy atom. The number of rotatable bonds is 8. The molecule has 1 N–H and O–H groups in total. The zero-order valence-electron chi connectivity index (χ0n) is 19.7. The summed E-state index contributed by atoms with van der Waals surface area (Å²) < 4.78 is 26.1. The van der Waals surface area contributed by atoms with Crippen LogP contribution >= 0.6 is 0 Å². The molecule has 0 saturated carbocycles. The molecule has 1 unspecified atom stereocenters. The van der Waals surface area contributed by atoms with Gasteiger partial charge in [-0.15, -0.1) is 0 Å². The minimum absolute atomic E-state index is 0.225. The predicted octanol–water partition coefficient (Wildman–Crippen LogP) is 4.23. The van der Waals surface area contributed by atoms with Gasteiger partial charge in [-0.2, -0.15) is 0 Å². The molecule has 0 aromatic heterocycles. The summed E-state index contributed by atoms with van der Waals surface area (Å²) in [5.74, 6) is -0.572. The van der Waals surface area contributed by atoms with Gasteiger partial charge in [0.15, 0.2) is 0 Å². The summed E-state index contributed by atoms with van der Waals surface area (Å²) in [5.41, 5.74) is 3.20. The van der Waals surface area contributed by atoms with Crippen LogP contribution in [0.1, 0.15) is 34.5 Å². The van der Waals surface area contributed by atoms with Gasteiger partial charge in [-0.1, -0.05) is 48.5 Å². The first-order chi connectivity index (χ1) is 16.1. The number of likely N-dealkylation sites (N-methyl/N-ethyl adjacent to an activating group) is 1. The van der Waals surface area contributed by atoms with Crippen LogP contribution in [0.5, 0.6) is 0 Å². The third-order valence-electron chi connectivity index (χ3n) is 5.70. The van der Waals surface area contributed by atoms with Crippen molar-refractivity contribution in [2.75, 3.05) is 29.5 Å². The van der Waals surface area contributed by atoms with Crippen molar-refractivity contribution in [2.24, 2.45) is 0 Å². The summed E-state index contributed by atoms with van der Waals surface area (Å²) in [7, 11) is -2.03. The van der Waals surface area contributed by atoms with E-state index >= 15 is 0 Å². The first-order valence-corrected chi connectivity index (χ1v) is 12.7. The minimum atomic E-state index is -3.67. The fourth-order valence-corrected chi connectivity index (χ4v) is 4.47. The molecular weight excluding hydrogens is 450 g/mol. The third kappa shape index (κ3) is 6.02. The summed E-state index contributed by atoms with van der Waals surface area (Å²) in [4.78, 5) is 27.1. The first-order valence-electron chi connectivity index (χ1n) is 10.8. The van der Waals surface area contributed by atoms with E-state index in [1.54, 1.807) is 68.6 Å². The number of nitrogens with zero attached hydrogens (tertiary/aromatic N) is 2. The quantitative estimate of drug-likeness (QED) is 0.524. The summed E-state index contributed by atoms with van der Waals surface area (Å²) in [6.07, 6.45) is 1.09. The van der Waals surface area contributed by atoms with Crippen molar-refractivity contribution in [3.05, 3.63) is 95.6 Å². The molecule has 34 heavy (non-hydrogen) atoms. The molecule has 0 aliphatic heterocycles. The van der Waals surface area contributed by atoms with Crippen LogP contribution in [0.2, 0.25) is 0 Å². The summed E-state index contributed by atoms with van der Waals surface area (Å²) >= 11 is 0. The third-order valence-corrected chi connectivity index (χ3v) is 6.83. The SMILES string of the molecule is Cc1ccccc1N(CC(=O)N(C)C(C)c1cccc(NC(=O)c2ccccc2)c1)S(C)(=O)=O. The fourth-order valence-electron chi connectivity index (χ4n) is 3.57. The molecule has 3 rings (SSSR count). The Bertz CT molecular complexity index is 1280. The van der Waals surface area contributed by atoms with Crippen molar-refractivity contribution in [3.8, 4) is 0 Å². The van der Waals surface area contributed by atoms with Crippen LogP contribution < -0.4 is 9.62 Å². The van der Waals surface area contributed by atoms with E-state index in [9.17, 15) is 18.0 Å². The highest BCUT2D eigenvalue weighted by Gasteiger charge is 2.26. The molecule has 0 saturated heterocycles. The van der Waals surface area contributed by atoms with E-state index in [0.717, 1.165) is 21.7 Å². The lowest BCUT2D eigenvalue weighted by Gasteiger charge is -2.30. The average Bonchev–Trinajstić information content (AvgIpc) is 2.82. The lowest BCUT2D eigenvalue weighted by Crippen LogP contribution is -2.42. The second kappa shape index (κ2) is 10.5. The number of benzene rings is 3. The van der Waals surface area contributed by atoms with E-state index in [1.807, 2.05) is 31.2 Å². The second-order valence-corrected chi connectivity index (χ2v) is 10.1. The summed E-state index contributed by atoms with van der Waals surface area (Å²) in [6, 6.07) is 22.9. The Balaban J connectivity index is 1.76. The van der Waals surface area contributed by atoms with Gasteiger partial charge in [0.1, 0.15) is 6.54 Å². The van der Waals surface area contributed by atoms with E-state index in [0.29, 0.717) is 16.9 Å². The van der Waals surface area contributed by atoms with Gasteiger partial charge in [0, 0.05) is 18.3 Å². The standard InChI is InChI=1S/C26H29N3O4S/c1-19-11-8-9-16-24(19)29(34(4,32)33)18-25(30)28(3)20(2)22-14-10-15-23(17-22)27-26(31)21-12-6-5-7-13-21/h5-17,20H,18H2,1-4H3,(H,27,31). The van der Waals surface area contributed by atoms with E-state index in [1.165, 1.54) is 4.90 Å². The van der Waals surface area contributed by atoms with Crippen molar-refractivity contribution < 1.29 is 18.0 Å². The van der Waals surface area contributed by atoms with Crippen molar-refractivity contribution in [1.82, 2.24) is 4.90 Å². The highest BCUT2D eigenvalue weighted by atomic mass is 32.2. The molecule has 0 bridgehead atoms.